The van der Waals surface area contributed by atoms with Crippen LogP contribution in [0.15, 0.2) is 24.3 Å². The first-order valence-electron chi connectivity index (χ1n) is 6.64. The third-order valence-corrected chi connectivity index (χ3v) is 3.46. The van der Waals surface area contributed by atoms with Gasteiger partial charge < -0.3 is 15.4 Å². The summed E-state index contributed by atoms with van der Waals surface area (Å²) in [5.41, 5.74) is 6.87. The summed E-state index contributed by atoms with van der Waals surface area (Å²) in [5, 5.41) is 0. The van der Waals surface area contributed by atoms with Crippen molar-refractivity contribution >= 4 is 5.91 Å². The molecule has 0 bridgehead atoms. The van der Waals surface area contributed by atoms with Crippen LogP contribution in [0, 0.1) is 5.41 Å². The van der Waals surface area contributed by atoms with Crippen molar-refractivity contribution < 1.29 is 9.53 Å². The maximum Gasteiger partial charge on any atom is 0.240 e. The van der Waals surface area contributed by atoms with Gasteiger partial charge in [-0.15, -0.1) is 0 Å². The summed E-state index contributed by atoms with van der Waals surface area (Å²) >= 11 is 0. The molecule has 2 N–H and O–H groups in total. The first-order valence-corrected chi connectivity index (χ1v) is 6.64. The zero-order valence-electron chi connectivity index (χ0n) is 11.8. The van der Waals surface area contributed by atoms with Gasteiger partial charge in [0.25, 0.3) is 0 Å². The molecule has 0 aromatic heterocycles. The van der Waals surface area contributed by atoms with Crippen LogP contribution in [0.5, 0.6) is 5.75 Å². The zero-order valence-corrected chi connectivity index (χ0v) is 11.8. The molecule has 0 saturated carbocycles. The lowest BCUT2D eigenvalue weighted by Gasteiger charge is -2.31. The summed E-state index contributed by atoms with van der Waals surface area (Å²) in [6.45, 7) is 7.61. The average Bonchev–Trinajstić information content (AvgIpc) is 2.57. The predicted octanol–water partition coefficient (Wildman–Crippen LogP) is 1.78. The van der Waals surface area contributed by atoms with Crippen LogP contribution < -0.4 is 10.5 Å². The van der Waals surface area contributed by atoms with Gasteiger partial charge >= 0.3 is 0 Å². The smallest absolute Gasteiger partial charge is 0.240 e. The van der Waals surface area contributed by atoms with Crippen molar-refractivity contribution in [3.8, 4) is 5.75 Å². The Morgan fingerprint density at radius 3 is 2.74 bits per heavy atom. The van der Waals surface area contributed by atoms with Crippen LogP contribution in [0.4, 0.5) is 0 Å². The van der Waals surface area contributed by atoms with E-state index < -0.39 is 6.04 Å². The molecule has 0 saturated heterocycles. The minimum atomic E-state index is -0.488. The Hall–Kier alpha value is -1.55. The standard InChI is InChI=1S/C15H22N2O2/c1-15(2,3)13(16)14(18)17-8-9-19-12-7-5-4-6-11(12)10-17/h4-7,13H,8-10,16H2,1-3H3/t13-/m1/s1. The van der Waals surface area contributed by atoms with Crippen molar-refractivity contribution in [1.82, 2.24) is 4.90 Å². The molecule has 1 amide bonds. The van der Waals surface area contributed by atoms with E-state index in [1.807, 2.05) is 45.0 Å². The number of carbonyl (C=O) groups excluding carboxylic acids is 1. The molecule has 0 spiro atoms. The lowest BCUT2D eigenvalue weighted by molar-refractivity contribution is -0.135. The number of hydrogen-bond acceptors (Lipinski definition) is 3. The first-order chi connectivity index (χ1) is 8.89. The summed E-state index contributed by atoms with van der Waals surface area (Å²) in [5.74, 6) is 0.856. The first kappa shape index (κ1) is 13.9. The molecule has 0 unspecified atom stereocenters. The lowest BCUT2D eigenvalue weighted by atomic mass is 9.86. The normalized spacial score (nSPS) is 17.2. The quantitative estimate of drug-likeness (QED) is 0.839. The third kappa shape index (κ3) is 3.07. The number of benzene rings is 1. The van der Waals surface area contributed by atoms with Crippen LogP contribution >= 0.6 is 0 Å². The van der Waals surface area contributed by atoms with E-state index in [2.05, 4.69) is 0 Å². The van der Waals surface area contributed by atoms with Gasteiger partial charge in [-0.25, -0.2) is 0 Å². The van der Waals surface area contributed by atoms with Gasteiger partial charge in [0.15, 0.2) is 0 Å². The number of fused-ring (bicyclic) bond motifs is 1. The van der Waals surface area contributed by atoms with Crippen LogP contribution in [-0.2, 0) is 11.3 Å². The van der Waals surface area contributed by atoms with Gasteiger partial charge in [0.1, 0.15) is 12.4 Å². The van der Waals surface area contributed by atoms with E-state index in [0.29, 0.717) is 19.7 Å². The number of ether oxygens (including phenoxy) is 1. The van der Waals surface area contributed by atoms with E-state index in [4.69, 9.17) is 10.5 Å². The minimum absolute atomic E-state index is 0.00666. The topological polar surface area (TPSA) is 55.6 Å². The van der Waals surface area contributed by atoms with Gasteiger partial charge in [-0.2, -0.15) is 0 Å². The second-order valence-corrected chi connectivity index (χ2v) is 6.06. The largest absolute Gasteiger partial charge is 0.491 e. The number of para-hydroxylation sites is 1. The fourth-order valence-electron chi connectivity index (χ4n) is 2.08. The van der Waals surface area contributed by atoms with Gasteiger partial charge in [0.2, 0.25) is 5.91 Å². The molecule has 4 heteroatoms. The Balaban J connectivity index is 2.17. The Bertz CT molecular complexity index is 465. The maximum absolute atomic E-state index is 12.5. The van der Waals surface area contributed by atoms with Crippen LogP contribution in [0.25, 0.3) is 0 Å². The highest BCUT2D eigenvalue weighted by molar-refractivity contribution is 5.82. The molecule has 1 atom stereocenters. The van der Waals surface area contributed by atoms with Crippen molar-refractivity contribution in [3.05, 3.63) is 29.8 Å². The molecule has 0 radical (unpaired) electrons. The Morgan fingerprint density at radius 1 is 1.37 bits per heavy atom. The molecule has 1 aromatic carbocycles. The van der Waals surface area contributed by atoms with Gasteiger partial charge in [0, 0.05) is 12.1 Å². The number of nitrogens with two attached hydrogens (primary N) is 1. The van der Waals surface area contributed by atoms with E-state index >= 15 is 0 Å². The zero-order chi connectivity index (χ0) is 14.0. The molecule has 0 fully saturated rings. The highest BCUT2D eigenvalue weighted by Crippen LogP contribution is 2.25. The number of amides is 1. The van der Waals surface area contributed by atoms with Gasteiger partial charge in [-0.05, 0) is 11.5 Å². The molecule has 2 rings (SSSR count). The van der Waals surface area contributed by atoms with E-state index in [1.54, 1.807) is 4.90 Å². The van der Waals surface area contributed by atoms with E-state index in [0.717, 1.165) is 11.3 Å². The summed E-state index contributed by atoms with van der Waals surface area (Å²) in [6, 6.07) is 7.34. The maximum atomic E-state index is 12.5. The molecule has 1 heterocycles. The van der Waals surface area contributed by atoms with Gasteiger partial charge in [-0.1, -0.05) is 39.0 Å². The highest BCUT2D eigenvalue weighted by Gasteiger charge is 2.32. The van der Waals surface area contributed by atoms with Crippen LogP contribution in [0.2, 0.25) is 0 Å². The fraction of sp³-hybridized carbons (Fsp3) is 0.533. The van der Waals surface area contributed by atoms with Crippen LogP contribution in [0.1, 0.15) is 26.3 Å². The Labute approximate surface area is 114 Å². The average molecular weight is 262 g/mol. The van der Waals surface area contributed by atoms with Crippen molar-refractivity contribution in [2.75, 3.05) is 13.2 Å². The lowest BCUT2D eigenvalue weighted by Crippen LogP contribution is -2.50. The summed E-state index contributed by atoms with van der Waals surface area (Å²) in [6.07, 6.45) is 0. The third-order valence-electron chi connectivity index (χ3n) is 3.46. The minimum Gasteiger partial charge on any atom is -0.491 e. The number of hydrogen-bond donors (Lipinski definition) is 1. The molecule has 104 valence electrons. The molecular weight excluding hydrogens is 240 g/mol. The summed E-state index contributed by atoms with van der Waals surface area (Å²) < 4.78 is 5.66. The highest BCUT2D eigenvalue weighted by atomic mass is 16.5. The van der Waals surface area contributed by atoms with Crippen molar-refractivity contribution in [2.45, 2.75) is 33.4 Å². The van der Waals surface area contributed by atoms with E-state index in [9.17, 15) is 4.79 Å². The Kier molecular flexibility index (Phi) is 3.80. The van der Waals surface area contributed by atoms with Gasteiger partial charge in [0.05, 0.1) is 12.6 Å². The fourth-order valence-corrected chi connectivity index (χ4v) is 2.08. The van der Waals surface area contributed by atoms with Crippen molar-refractivity contribution in [3.63, 3.8) is 0 Å². The molecule has 1 aromatic rings. The molecule has 1 aliphatic rings. The molecular formula is C15H22N2O2. The molecule has 1 aliphatic heterocycles. The second-order valence-electron chi connectivity index (χ2n) is 6.06. The van der Waals surface area contributed by atoms with Gasteiger partial charge in [-0.3, -0.25) is 4.79 Å². The monoisotopic (exact) mass is 262 g/mol. The predicted molar refractivity (Wildman–Crippen MR) is 74.8 cm³/mol. The van der Waals surface area contributed by atoms with Crippen molar-refractivity contribution in [2.24, 2.45) is 11.1 Å². The number of carbonyl (C=O) groups is 1. The van der Waals surface area contributed by atoms with Crippen LogP contribution in [0.3, 0.4) is 0 Å². The van der Waals surface area contributed by atoms with Crippen molar-refractivity contribution in [1.29, 1.82) is 0 Å². The summed E-state index contributed by atoms with van der Waals surface area (Å²) in [7, 11) is 0. The Morgan fingerprint density at radius 2 is 2.05 bits per heavy atom. The number of nitrogens with zero attached hydrogens (tertiary/aromatic N) is 1. The SMILES string of the molecule is CC(C)(C)[C@H](N)C(=O)N1CCOc2ccccc2C1. The van der Waals surface area contributed by atoms with E-state index in [1.165, 1.54) is 0 Å². The van der Waals surface area contributed by atoms with Crippen LogP contribution in [-0.4, -0.2) is 30.0 Å². The number of rotatable bonds is 1. The van der Waals surface area contributed by atoms with E-state index in [-0.39, 0.29) is 11.3 Å². The summed E-state index contributed by atoms with van der Waals surface area (Å²) in [4.78, 5) is 14.2. The molecule has 0 aliphatic carbocycles. The molecule has 4 nitrogen and oxygen atoms in total. The second kappa shape index (κ2) is 5.21. The molecule has 19 heavy (non-hydrogen) atoms.